The lowest BCUT2D eigenvalue weighted by Gasteiger charge is -2.28. The molecule has 1 heterocycles. The van der Waals surface area contributed by atoms with E-state index in [1.165, 1.54) is 43.4 Å². The number of imide groups is 1. The zero-order chi connectivity index (χ0) is 26.7. The largest absolute Gasteiger partial charge is 0.362 e. The highest BCUT2D eigenvalue weighted by Crippen LogP contribution is 2.37. The number of β-lactam (4-membered cyclic amide) rings is 1. The normalized spacial score (nSPS) is 19.0. The number of hydrogen-bond donors (Lipinski definition) is 2. The number of benzene rings is 1. The first kappa shape index (κ1) is 28.8. The fourth-order valence-corrected chi connectivity index (χ4v) is 5.01. The third-order valence-electron chi connectivity index (χ3n) is 7.54. The molecule has 1 aliphatic carbocycles. The molecule has 1 aliphatic heterocycles. The van der Waals surface area contributed by atoms with Crippen molar-refractivity contribution in [3.8, 4) is 0 Å². The molecule has 0 spiro atoms. The molecule has 2 N–H and O–H groups in total. The molecule has 204 valence electrons. The molecule has 4 amide bonds. The number of nitrogens with one attached hydrogen (secondary N) is 2. The van der Waals surface area contributed by atoms with Gasteiger partial charge in [0.2, 0.25) is 23.6 Å². The van der Waals surface area contributed by atoms with Crippen molar-refractivity contribution in [2.24, 2.45) is 11.3 Å². The van der Waals surface area contributed by atoms with E-state index in [4.69, 9.17) is 4.74 Å². The van der Waals surface area contributed by atoms with E-state index in [1.807, 2.05) is 12.1 Å². The van der Waals surface area contributed by atoms with Gasteiger partial charge >= 0.3 is 0 Å². The lowest BCUT2D eigenvalue weighted by atomic mass is 9.84. The number of likely N-dealkylation sites (tertiary alicyclic amines) is 1. The van der Waals surface area contributed by atoms with Crippen LogP contribution in [0.25, 0.3) is 0 Å². The Morgan fingerprint density at radius 3 is 2.49 bits per heavy atom. The summed E-state index contributed by atoms with van der Waals surface area (Å²) in [4.78, 5) is 48.6. The maximum atomic E-state index is 12.1. The number of aryl methyl sites for hydroxylation is 1. The van der Waals surface area contributed by atoms with Crippen molar-refractivity contribution in [2.75, 3.05) is 31.6 Å². The lowest BCUT2D eigenvalue weighted by molar-refractivity contribution is -0.152. The van der Waals surface area contributed by atoms with E-state index in [-0.39, 0.29) is 43.3 Å². The first-order chi connectivity index (χ1) is 17.7. The van der Waals surface area contributed by atoms with Crippen molar-refractivity contribution in [1.29, 1.82) is 0 Å². The molecule has 1 atom stereocenters. The SMILES string of the molecule is CC1(C)CCCC(CCCCNC(=O)COCC(=O)Nc2ccc(CCC(=O)N3CCC3=O)cc2)CC1. The molecule has 8 nitrogen and oxygen atoms in total. The highest BCUT2D eigenvalue weighted by atomic mass is 16.5. The summed E-state index contributed by atoms with van der Waals surface area (Å²) in [5, 5.41) is 5.61. The van der Waals surface area contributed by atoms with Gasteiger partial charge in [-0.1, -0.05) is 51.7 Å². The number of nitrogens with zero attached hydrogens (tertiary/aromatic N) is 1. The Morgan fingerprint density at radius 1 is 1.03 bits per heavy atom. The zero-order valence-electron chi connectivity index (χ0n) is 22.5. The first-order valence-electron chi connectivity index (χ1n) is 13.8. The second kappa shape index (κ2) is 14.3. The molecule has 1 aromatic carbocycles. The van der Waals surface area contributed by atoms with Crippen molar-refractivity contribution in [1.82, 2.24) is 10.2 Å². The van der Waals surface area contributed by atoms with Gasteiger partial charge in [-0.15, -0.1) is 0 Å². The number of carbonyl (C=O) groups is 4. The molecule has 0 bridgehead atoms. The van der Waals surface area contributed by atoms with Crippen LogP contribution in [0.2, 0.25) is 0 Å². The first-order valence-corrected chi connectivity index (χ1v) is 13.8. The molecule has 0 radical (unpaired) electrons. The number of rotatable bonds is 13. The average Bonchev–Trinajstić information content (AvgIpc) is 3.02. The monoisotopic (exact) mass is 513 g/mol. The van der Waals surface area contributed by atoms with Gasteiger partial charge in [0, 0.05) is 31.6 Å². The zero-order valence-corrected chi connectivity index (χ0v) is 22.5. The predicted octanol–water partition coefficient (Wildman–Crippen LogP) is 4.23. The van der Waals surface area contributed by atoms with E-state index in [9.17, 15) is 19.2 Å². The van der Waals surface area contributed by atoms with Crippen LogP contribution in [0.15, 0.2) is 24.3 Å². The number of unbranched alkanes of at least 4 members (excludes halogenated alkanes) is 1. The van der Waals surface area contributed by atoms with Gasteiger partial charge in [0.1, 0.15) is 13.2 Å². The van der Waals surface area contributed by atoms with Crippen LogP contribution in [0.3, 0.4) is 0 Å². The van der Waals surface area contributed by atoms with Crippen LogP contribution < -0.4 is 10.6 Å². The molecule has 0 aromatic heterocycles. The van der Waals surface area contributed by atoms with Crippen LogP contribution in [0.4, 0.5) is 5.69 Å². The second-order valence-corrected chi connectivity index (χ2v) is 11.2. The van der Waals surface area contributed by atoms with Crippen molar-refractivity contribution < 1.29 is 23.9 Å². The number of amides is 4. The molecular weight excluding hydrogens is 470 g/mol. The van der Waals surface area contributed by atoms with Crippen LogP contribution in [-0.4, -0.2) is 54.8 Å². The van der Waals surface area contributed by atoms with Crippen LogP contribution in [0.5, 0.6) is 0 Å². The molecule has 1 saturated carbocycles. The Labute approximate surface area is 220 Å². The fourth-order valence-electron chi connectivity index (χ4n) is 5.01. The van der Waals surface area contributed by atoms with Gasteiger partial charge in [-0.2, -0.15) is 0 Å². The van der Waals surface area contributed by atoms with Crippen molar-refractivity contribution in [3.63, 3.8) is 0 Å². The molecule has 1 aromatic rings. The van der Waals surface area contributed by atoms with E-state index >= 15 is 0 Å². The second-order valence-electron chi connectivity index (χ2n) is 11.2. The van der Waals surface area contributed by atoms with Crippen LogP contribution in [0, 0.1) is 11.3 Å². The summed E-state index contributed by atoms with van der Waals surface area (Å²) in [6.45, 7) is 5.57. The summed E-state index contributed by atoms with van der Waals surface area (Å²) in [5.41, 5.74) is 2.05. The summed E-state index contributed by atoms with van der Waals surface area (Å²) >= 11 is 0. The number of ether oxygens (including phenoxy) is 1. The summed E-state index contributed by atoms with van der Waals surface area (Å²) < 4.78 is 5.26. The number of hydrogen-bond acceptors (Lipinski definition) is 5. The minimum atomic E-state index is -0.335. The van der Waals surface area contributed by atoms with Gasteiger partial charge in [0.05, 0.1) is 0 Å². The van der Waals surface area contributed by atoms with Crippen LogP contribution in [-0.2, 0) is 30.3 Å². The highest BCUT2D eigenvalue weighted by Gasteiger charge is 2.29. The summed E-state index contributed by atoms with van der Waals surface area (Å²) in [6.07, 6.45) is 11.2. The summed E-state index contributed by atoms with van der Waals surface area (Å²) in [6, 6.07) is 7.20. The van der Waals surface area contributed by atoms with E-state index in [2.05, 4.69) is 24.5 Å². The van der Waals surface area contributed by atoms with Gasteiger partial charge in [-0.25, -0.2) is 0 Å². The van der Waals surface area contributed by atoms with Gasteiger partial charge in [-0.05, 0) is 61.1 Å². The quantitative estimate of drug-likeness (QED) is 0.233. The molecule has 3 rings (SSSR count). The summed E-state index contributed by atoms with van der Waals surface area (Å²) in [5.74, 6) is 0.0318. The number of anilines is 1. The summed E-state index contributed by atoms with van der Waals surface area (Å²) in [7, 11) is 0. The van der Waals surface area contributed by atoms with E-state index < -0.39 is 0 Å². The van der Waals surface area contributed by atoms with Crippen LogP contribution in [0.1, 0.15) is 83.6 Å². The maximum Gasteiger partial charge on any atom is 0.250 e. The standard InChI is InChI=1S/C29H43N3O5/c1-29(2)16-5-7-22(14-17-29)6-3-4-18-30-25(33)20-37-21-26(34)31-24-11-8-23(9-12-24)10-13-27(35)32-19-15-28(32)36/h8-9,11-12,22H,3-7,10,13-21H2,1-2H3,(H,30,33)(H,31,34). The van der Waals surface area contributed by atoms with Gasteiger partial charge < -0.3 is 15.4 Å². The van der Waals surface area contributed by atoms with Crippen molar-refractivity contribution in [3.05, 3.63) is 29.8 Å². The molecule has 37 heavy (non-hydrogen) atoms. The predicted molar refractivity (Wildman–Crippen MR) is 143 cm³/mol. The Hall–Kier alpha value is -2.74. The lowest BCUT2D eigenvalue weighted by Crippen LogP contribution is -2.47. The molecule has 2 aliphatic rings. The number of carbonyl (C=O) groups excluding carboxylic acids is 4. The third kappa shape index (κ3) is 10.3. The van der Waals surface area contributed by atoms with Crippen LogP contribution >= 0.6 is 0 Å². The van der Waals surface area contributed by atoms with Gasteiger partial charge in [0.15, 0.2) is 0 Å². The van der Waals surface area contributed by atoms with Crippen molar-refractivity contribution >= 4 is 29.3 Å². The van der Waals surface area contributed by atoms with Crippen molar-refractivity contribution in [2.45, 2.75) is 84.5 Å². The highest BCUT2D eigenvalue weighted by molar-refractivity contribution is 5.99. The Bertz CT molecular complexity index is 928. The molecular formula is C29H43N3O5. The molecule has 2 fully saturated rings. The smallest absolute Gasteiger partial charge is 0.250 e. The van der Waals surface area contributed by atoms with E-state index in [1.54, 1.807) is 12.1 Å². The third-order valence-corrected chi connectivity index (χ3v) is 7.54. The average molecular weight is 514 g/mol. The van der Waals surface area contributed by atoms with Gasteiger partial charge in [0.25, 0.3) is 0 Å². The van der Waals surface area contributed by atoms with E-state index in [0.717, 1.165) is 24.3 Å². The maximum absolute atomic E-state index is 12.1. The Kier molecular flexibility index (Phi) is 11.1. The molecule has 1 saturated heterocycles. The minimum Gasteiger partial charge on any atom is -0.362 e. The molecule has 1 unspecified atom stereocenters. The van der Waals surface area contributed by atoms with Gasteiger partial charge in [-0.3, -0.25) is 24.1 Å². The fraction of sp³-hybridized carbons (Fsp3) is 0.655. The Balaban J connectivity index is 1.21. The Morgan fingerprint density at radius 2 is 1.78 bits per heavy atom. The molecule has 8 heteroatoms. The minimum absolute atomic E-state index is 0.104. The topological polar surface area (TPSA) is 105 Å². The van der Waals surface area contributed by atoms with E-state index in [0.29, 0.717) is 37.0 Å².